The van der Waals surface area contributed by atoms with Gasteiger partial charge in [0.2, 0.25) is 0 Å². The summed E-state index contributed by atoms with van der Waals surface area (Å²) in [5.74, 6) is -0.106. The van der Waals surface area contributed by atoms with Crippen LogP contribution in [0.25, 0.3) is 0 Å². The number of aliphatic carboxylic acids is 1. The van der Waals surface area contributed by atoms with Gasteiger partial charge in [-0.25, -0.2) is 0 Å². The van der Waals surface area contributed by atoms with Gasteiger partial charge in [-0.1, -0.05) is 13.0 Å². The Labute approximate surface area is 107 Å². The summed E-state index contributed by atoms with van der Waals surface area (Å²) in [5.41, 5.74) is 1.76. The Kier molecular flexibility index (Phi) is 5.16. The van der Waals surface area contributed by atoms with Gasteiger partial charge in [0.05, 0.1) is 13.2 Å². The number of carboxylic acid groups (broad SMARTS) is 1. The third-order valence-electron chi connectivity index (χ3n) is 2.95. The van der Waals surface area contributed by atoms with Crippen LogP contribution >= 0.6 is 0 Å². The Balaban J connectivity index is 2.69. The molecular weight excluding hydrogens is 232 g/mol. The molecule has 100 valence electrons. The minimum Gasteiger partial charge on any atom is -0.496 e. The molecule has 0 heterocycles. The molecule has 4 nitrogen and oxygen atoms in total. The highest BCUT2D eigenvalue weighted by Gasteiger charge is 2.15. The van der Waals surface area contributed by atoms with Gasteiger partial charge in [-0.05, 0) is 42.5 Å². The highest BCUT2D eigenvalue weighted by molar-refractivity contribution is 5.66. The van der Waals surface area contributed by atoms with E-state index in [1.807, 2.05) is 32.0 Å². The number of ether oxygens (including phenoxy) is 1. The summed E-state index contributed by atoms with van der Waals surface area (Å²) < 4.78 is 5.15. The lowest BCUT2D eigenvalue weighted by atomic mass is 9.95. The quantitative estimate of drug-likeness (QED) is 0.816. The molecule has 18 heavy (non-hydrogen) atoms. The lowest BCUT2D eigenvalue weighted by molar-refractivity contribution is -0.138. The van der Waals surface area contributed by atoms with E-state index in [1.165, 1.54) is 0 Å². The first kappa shape index (κ1) is 14.5. The Morgan fingerprint density at radius 3 is 2.61 bits per heavy atom. The van der Waals surface area contributed by atoms with Crippen LogP contribution in [0.4, 0.5) is 0 Å². The van der Waals surface area contributed by atoms with E-state index in [-0.39, 0.29) is 12.3 Å². The van der Waals surface area contributed by atoms with Crippen LogP contribution in [0.5, 0.6) is 5.75 Å². The molecule has 1 aromatic carbocycles. The van der Waals surface area contributed by atoms with Gasteiger partial charge in [0, 0.05) is 6.42 Å². The predicted octanol–water partition coefficient (Wildman–Crippen LogP) is 2.54. The van der Waals surface area contributed by atoms with Gasteiger partial charge < -0.3 is 14.9 Å². The number of hydrogen-bond acceptors (Lipinski definition) is 3. The van der Waals surface area contributed by atoms with Crippen LogP contribution in [0.15, 0.2) is 18.2 Å². The van der Waals surface area contributed by atoms with Gasteiger partial charge in [-0.3, -0.25) is 4.79 Å². The predicted molar refractivity (Wildman–Crippen MR) is 68.7 cm³/mol. The molecule has 1 rings (SSSR count). The first-order valence-electron chi connectivity index (χ1n) is 5.98. The number of rotatable bonds is 6. The summed E-state index contributed by atoms with van der Waals surface area (Å²) >= 11 is 0. The summed E-state index contributed by atoms with van der Waals surface area (Å²) in [6.45, 7) is 3.74. The van der Waals surface area contributed by atoms with Gasteiger partial charge in [0.15, 0.2) is 0 Å². The van der Waals surface area contributed by atoms with Gasteiger partial charge in [-0.2, -0.15) is 0 Å². The topological polar surface area (TPSA) is 66.8 Å². The number of benzene rings is 1. The third kappa shape index (κ3) is 4.04. The van der Waals surface area contributed by atoms with Crippen molar-refractivity contribution in [2.75, 3.05) is 7.11 Å². The maximum atomic E-state index is 10.6. The van der Waals surface area contributed by atoms with Gasteiger partial charge in [-0.15, -0.1) is 0 Å². The molecule has 0 aliphatic rings. The molecule has 0 aliphatic heterocycles. The first-order valence-corrected chi connectivity index (χ1v) is 5.98. The van der Waals surface area contributed by atoms with E-state index >= 15 is 0 Å². The second-order valence-electron chi connectivity index (χ2n) is 4.68. The Hall–Kier alpha value is -1.55. The van der Waals surface area contributed by atoms with Crippen molar-refractivity contribution >= 4 is 5.97 Å². The lowest BCUT2D eigenvalue weighted by Crippen LogP contribution is -2.09. The van der Waals surface area contributed by atoms with Crippen molar-refractivity contribution in [3.63, 3.8) is 0 Å². The van der Waals surface area contributed by atoms with E-state index in [4.69, 9.17) is 9.84 Å². The van der Waals surface area contributed by atoms with Crippen LogP contribution in [0.1, 0.15) is 37.0 Å². The van der Waals surface area contributed by atoms with Crippen LogP contribution in [-0.2, 0) is 4.79 Å². The van der Waals surface area contributed by atoms with Crippen molar-refractivity contribution in [3.05, 3.63) is 29.3 Å². The van der Waals surface area contributed by atoms with E-state index < -0.39 is 12.1 Å². The van der Waals surface area contributed by atoms with E-state index in [0.717, 1.165) is 16.9 Å². The Morgan fingerprint density at radius 2 is 2.11 bits per heavy atom. The number of carboxylic acids is 1. The molecule has 0 saturated carbocycles. The summed E-state index contributed by atoms with van der Waals surface area (Å²) in [5, 5.41) is 18.7. The monoisotopic (exact) mass is 252 g/mol. The largest absolute Gasteiger partial charge is 0.496 e. The number of aliphatic hydroxyl groups is 1. The lowest BCUT2D eigenvalue weighted by Gasteiger charge is -2.16. The normalized spacial score (nSPS) is 14.0. The molecule has 0 spiro atoms. The molecule has 2 unspecified atom stereocenters. The third-order valence-corrected chi connectivity index (χ3v) is 2.95. The van der Waals surface area contributed by atoms with E-state index in [1.54, 1.807) is 7.11 Å². The second-order valence-corrected chi connectivity index (χ2v) is 4.68. The van der Waals surface area contributed by atoms with Gasteiger partial charge in [0.25, 0.3) is 0 Å². The summed E-state index contributed by atoms with van der Waals surface area (Å²) in [6.07, 6.45) is -0.117. The molecular formula is C14H20O4. The summed E-state index contributed by atoms with van der Waals surface area (Å²) in [4.78, 5) is 10.6. The highest BCUT2D eigenvalue weighted by atomic mass is 16.5. The second kappa shape index (κ2) is 6.40. The van der Waals surface area contributed by atoms with Crippen LogP contribution in [-0.4, -0.2) is 23.3 Å². The molecule has 1 aromatic rings. The van der Waals surface area contributed by atoms with Crippen LogP contribution < -0.4 is 4.74 Å². The van der Waals surface area contributed by atoms with Crippen molar-refractivity contribution in [2.24, 2.45) is 5.92 Å². The number of methoxy groups -OCH3 is 1. The molecule has 0 aliphatic carbocycles. The molecule has 0 amide bonds. The maximum Gasteiger partial charge on any atom is 0.303 e. The fourth-order valence-corrected chi connectivity index (χ4v) is 2.01. The highest BCUT2D eigenvalue weighted by Crippen LogP contribution is 2.27. The van der Waals surface area contributed by atoms with E-state index in [9.17, 15) is 9.90 Å². The van der Waals surface area contributed by atoms with Gasteiger partial charge >= 0.3 is 5.97 Å². The molecule has 2 N–H and O–H groups in total. The number of hydrogen-bond donors (Lipinski definition) is 2. The SMILES string of the molecule is COc1ccc(C(O)CC(C)CC(=O)O)cc1C. The van der Waals surface area contributed by atoms with Crippen LogP contribution in [0.2, 0.25) is 0 Å². The zero-order valence-corrected chi connectivity index (χ0v) is 11.0. The van der Waals surface area contributed by atoms with Crippen molar-refractivity contribution in [1.82, 2.24) is 0 Å². The Morgan fingerprint density at radius 1 is 1.44 bits per heavy atom. The average Bonchev–Trinajstić information content (AvgIpc) is 2.27. The summed E-state index contributed by atoms with van der Waals surface area (Å²) in [7, 11) is 1.60. The number of carbonyl (C=O) groups is 1. The fraction of sp³-hybridized carbons (Fsp3) is 0.500. The van der Waals surface area contributed by atoms with Gasteiger partial charge in [0.1, 0.15) is 5.75 Å². The molecule has 0 radical (unpaired) electrons. The van der Waals surface area contributed by atoms with E-state index in [0.29, 0.717) is 6.42 Å². The molecule has 2 atom stereocenters. The molecule has 4 heteroatoms. The molecule has 0 aromatic heterocycles. The zero-order chi connectivity index (χ0) is 13.7. The first-order chi connectivity index (χ1) is 8.43. The summed E-state index contributed by atoms with van der Waals surface area (Å²) in [6, 6.07) is 5.50. The van der Waals surface area contributed by atoms with E-state index in [2.05, 4.69) is 0 Å². The zero-order valence-electron chi connectivity index (χ0n) is 11.0. The van der Waals surface area contributed by atoms with Crippen LogP contribution in [0.3, 0.4) is 0 Å². The van der Waals surface area contributed by atoms with Crippen molar-refractivity contribution in [2.45, 2.75) is 32.8 Å². The molecule has 0 bridgehead atoms. The standard InChI is InChI=1S/C14H20O4/c1-9(7-14(16)17)6-12(15)11-4-5-13(18-3)10(2)8-11/h4-5,8-9,12,15H,6-7H2,1-3H3,(H,16,17). The van der Waals surface area contributed by atoms with Crippen molar-refractivity contribution in [3.8, 4) is 5.75 Å². The average molecular weight is 252 g/mol. The maximum absolute atomic E-state index is 10.6. The fourth-order valence-electron chi connectivity index (χ4n) is 2.01. The minimum atomic E-state index is -0.833. The molecule has 0 saturated heterocycles. The van der Waals surface area contributed by atoms with Crippen molar-refractivity contribution in [1.29, 1.82) is 0 Å². The van der Waals surface area contributed by atoms with Crippen molar-refractivity contribution < 1.29 is 19.7 Å². The Bertz CT molecular complexity index is 414. The number of aryl methyl sites for hydroxylation is 1. The minimum absolute atomic E-state index is 0.0556. The number of aliphatic hydroxyl groups excluding tert-OH is 1. The van der Waals surface area contributed by atoms with Crippen LogP contribution in [0, 0.1) is 12.8 Å². The smallest absolute Gasteiger partial charge is 0.303 e. The molecule has 0 fully saturated rings.